The number of anilines is 1. The Bertz CT molecular complexity index is 734. The Hall–Kier alpha value is -2.43. The summed E-state index contributed by atoms with van der Waals surface area (Å²) >= 11 is 0. The van der Waals surface area contributed by atoms with Gasteiger partial charge in [-0.15, -0.1) is 0 Å². The third-order valence-electron chi connectivity index (χ3n) is 4.64. The minimum absolute atomic E-state index is 0.219. The Balaban J connectivity index is 1.59. The third kappa shape index (κ3) is 4.56. The van der Waals surface area contributed by atoms with Crippen molar-refractivity contribution < 1.29 is 9.18 Å². The number of amides is 1. The molecule has 0 aliphatic carbocycles. The van der Waals surface area contributed by atoms with Gasteiger partial charge in [0, 0.05) is 31.5 Å². The average Bonchev–Trinajstić information content (AvgIpc) is 2.63. The van der Waals surface area contributed by atoms with Crippen molar-refractivity contribution in [3.8, 4) is 0 Å². The molecule has 1 saturated heterocycles. The summed E-state index contributed by atoms with van der Waals surface area (Å²) in [6.07, 6.45) is 4.57. The van der Waals surface area contributed by atoms with E-state index in [4.69, 9.17) is 0 Å². The average molecular weight is 341 g/mol. The van der Waals surface area contributed by atoms with Crippen LogP contribution in [0.4, 0.5) is 10.1 Å². The van der Waals surface area contributed by atoms with Crippen LogP contribution in [0.15, 0.2) is 42.6 Å². The van der Waals surface area contributed by atoms with E-state index in [1.165, 1.54) is 18.9 Å². The first-order valence-electron chi connectivity index (χ1n) is 8.86. The van der Waals surface area contributed by atoms with Gasteiger partial charge in [0.2, 0.25) is 0 Å². The molecule has 1 amide bonds. The van der Waals surface area contributed by atoms with Crippen LogP contribution in [0.3, 0.4) is 0 Å². The lowest BCUT2D eigenvalue weighted by Gasteiger charge is -2.32. The van der Waals surface area contributed by atoms with E-state index in [1.54, 1.807) is 24.4 Å². The molecule has 4 nitrogen and oxygen atoms in total. The van der Waals surface area contributed by atoms with E-state index >= 15 is 0 Å². The van der Waals surface area contributed by atoms with Crippen molar-refractivity contribution in [1.82, 2.24) is 10.3 Å². The van der Waals surface area contributed by atoms with Crippen LogP contribution >= 0.6 is 0 Å². The van der Waals surface area contributed by atoms with E-state index < -0.39 is 0 Å². The number of benzene rings is 1. The van der Waals surface area contributed by atoms with Crippen molar-refractivity contribution in [1.29, 1.82) is 0 Å². The molecular weight excluding hydrogens is 317 g/mol. The largest absolute Gasteiger partial charge is 0.371 e. The fraction of sp³-hybridized carbons (Fsp3) is 0.400. The lowest BCUT2D eigenvalue weighted by molar-refractivity contribution is 0.0949. The maximum absolute atomic E-state index is 13.6. The van der Waals surface area contributed by atoms with Gasteiger partial charge in [0.1, 0.15) is 11.5 Å². The Labute approximate surface area is 148 Å². The smallest absolute Gasteiger partial charge is 0.269 e. The van der Waals surface area contributed by atoms with Gasteiger partial charge >= 0.3 is 0 Å². The van der Waals surface area contributed by atoms with Crippen LogP contribution in [0.25, 0.3) is 0 Å². The second-order valence-electron chi connectivity index (χ2n) is 6.69. The molecule has 0 radical (unpaired) electrons. The van der Waals surface area contributed by atoms with Gasteiger partial charge in [-0.25, -0.2) is 4.39 Å². The van der Waals surface area contributed by atoms with Crippen LogP contribution in [-0.4, -0.2) is 30.5 Å². The maximum Gasteiger partial charge on any atom is 0.269 e. The number of halogens is 1. The fourth-order valence-electron chi connectivity index (χ4n) is 3.27. The van der Waals surface area contributed by atoms with Crippen molar-refractivity contribution in [2.24, 2.45) is 5.92 Å². The van der Waals surface area contributed by atoms with Crippen LogP contribution in [0, 0.1) is 11.7 Å². The van der Waals surface area contributed by atoms with Crippen molar-refractivity contribution in [2.45, 2.75) is 26.2 Å². The number of aromatic nitrogens is 1. The van der Waals surface area contributed by atoms with Crippen LogP contribution < -0.4 is 10.2 Å². The second-order valence-corrected chi connectivity index (χ2v) is 6.69. The van der Waals surface area contributed by atoms with Crippen molar-refractivity contribution in [3.63, 3.8) is 0 Å². The molecule has 2 aromatic rings. The summed E-state index contributed by atoms with van der Waals surface area (Å²) in [6, 6.07) is 10.4. The highest BCUT2D eigenvalue weighted by Gasteiger charge is 2.18. The number of carbonyl (C=O) groups excluding carboxylic acids is 1. The lowest BCUT2D eigenvalue weighted by Crippen LogP contribution is -2.34. The zero-order valence-electron chi connectivity index (χ0n) is 14.5. The highest BCUT2D eigenvalue weighted by Crippen LogP contribution is 2.22. The summed E-state index contributed by atoms with van der Waals surface area (Å²) in [5.74, 6) is 0.208. The van der Waals surface area contributed by atoms with Gasteiger partial charge in [-0.2, -0.15) is 0 Å². The molecule has 1 N–H and O–H groups in total. The topological polar surface area (TPSA) is 45.2 Å². The minimum Gasteiger partial charge on any atom is -0.371 e. The number of rotatable bonds is 5. The highest BCUT2D eigenvalue weighted by molar-refractivity contribution is 5.93. The van der Waals surface area contributed by atoms with Gasteiger partial charge in [-0.05, 0) is 48.9 Å². The zero-order chi connectivity index (χ0) is 17.6. The highest BCUT2D eigenvalue weighted by atomic mass is 19.1. The van der Waals surface area contributed by atoms with Crippen molar-refractivity contribution >= 4 is 11.6 Å². The predicted molar refractivity (Wildman–Crippen MR) is 97.3 cm³/mol. The predicted octanol–water partition coefficient (Wildman–Crippen LogP) is 3.43. The Morgan fingerprint density at radius 2 is 2.20 bits per heavy atom. The molecular formula is C20H24FN3O. The third-order valence-corrected chi connectivity index (χ3v) is 4.64. The van der Waals surface area contributed by atoms with Gasteiger partial charge in [-0.3, -0.25) is 9.78 Å². The number of piperidine rings is 1. The first kappa shape index (κ1) is 17.4. The van der Waals surface area contributed by atoms with Crippen LogP contribution in [0.5, 0.6) is 0 Å². The molecule has 1 unspecified atom stereocenters. The Morgan fingerprint density at radius 1 is 1.36 bits per heavy atom. The summed E-state index contributed by atoms with van der Waals surface area (Å²) in [5.41, 5.74) is 2.05. The molecule has 0 saturated carbocycles. The second kappa shape index (κ2) is 8.10. The Morgan fingerprint density at radius 3 is 3.00 bits per heavy atom. The standard InChI is InChI=1S/C20H24FN3O/c1-15-5-4-12-24(14-15)17-9-11-22-19(13-17)20(25)23-10-8-16-6-2-3-7-18(16)21/h2-3,6-7,9,11,13,15H,4-5,8,10,12,14H2,1H3,(H,23,25). The maximum atomic E-state index is 13.6. The molecule has 1 atom stereocenters. The van der Waals surface area contributed by atoms with Gasteiger partial charge in [-0.1, -0.05) is 25.1 Å². The fourth-order valence-corrected chi connectivity index (χ4v) is 3.27. The quantitative estimate of drug-likeness (QED) is 0.906. The molecule has 5 heteroatoms. The van der Waals surface area contributed by atoms with Gasteiger partial charge < -0.3 is 10.2 Å². The molecule has 2 heterocycles. The van der Waals surface area contributed by atoms with E-state index in [2.05, 4.69) is 22.1 Å². The lowest BCUT2D eigenvalue weighted by atomic mass is 10.00. The van der Waals surface area contributed by atoms with Crippen molar-refractivity contribution in [2.75, 3.05) is 24.5 Å². The molecule has 0 bridgehead atoms. The SMILES string of the molecule is CC1CCCN(c2ccnc(C(=O)NCCc3ccccc3F)c2)C1. The molecule has 0 spiro atoms. The molecule has 1 aromatic carbocycles. The number of nitrogens with one attached hydrogen (secondary N) is 1. The number of hydrogen-bond donors (Lipinski definition) is 1. The first-order chi connectivity index (χ1) is 12.1. The van der Waals surface area contributed by atoms with E-state index in [0.717, 1.165) is 18.8 Å². The number of nitrogens with zero attached hydrogens (tertiary/aromatic N) is 2. The zero-order valence-corrected chi connectivity index (χ0v) is 14.5. The number of hydrogen-bond acceptors (Lipinski definition) is 3. The summed E-state index contributed by atoms with van der Waals surface area (Å²) in [6.45, 7) is 4.66. The molecule has 1 aromatic heterocycles. The summed E-state index contributed by atoms with van der Waals surface area (Å²) in [7, 11) is 0. The summed E-state index contributed by atoms with van der Waals surface area (Å²) < 4.78 is 13.6. The Kier molecular flexibility index (Phi) is 5.64. The van der Waals surface area contributed by atoms with E-state index in [1.807, 2.05) is 12.1 Å². The summed E-state index contributed by atoms with van der Waals surface area (Å²) in [5, 5.41) is 2.83. The molecule has 25 heavy (non-hydrogen) atoms. The molecule has 3 rings (SSSR count). The van der Waals surface area contributed by atoms with Gasteiger partial charge in [0.25, 0.3) is 5.91 Å². The van der Waals surface area contributed by atoms with Gasteiger partial charge in [0.05, 0.1) is 0 Å². The van der Waals surface area contributed by atoms with E-state index in [0.29, 0.717) is 30.1 Å². The van der Waals surface area contributed by atoms with Crippen LogP contribution in [0.1, 0.15) is 35.8 Å². The number of carbonyl (C=O) groups is 1. The minimum atomic E-state index is -0.240. The first-order valence-corrected chi connectivity index (χ1v) is 8.86. The molecule has 132 valence electrons. The van der Waals surface area contributed by atoms with Gasteiger partial charge in [0.15, 0.2) is 0 Å². The summed E-state index contributed by atoms with van der Waals surface area (Å²) in [4.78, 5) is 18.8. The van der Waals surface area contributed by atoms with Crippen molar-refractivity contribution in [3.05, 3.63) is 59.7 Å². The van der Waals surface area contributed by atoms with Crippen LogP contribution in [-0.2, 0) is 6.42 Å². The number of pyridine rings is 1. The molecule has 1 fully saturated rings. The van der Waals surface area contributed by atoms with Crippen LogP contribution in [0.2, 0.25) is 0 Å². The monoisotopic (exact) mass is 341 g/mol. The van der Waals surface area contributed by atoms with E-state index in [9.17, 15) is 9.18 Å². The molecule has 1 aliphatic heterocycles. The van der Waals surface area contributed by atoms with E-state index in [-0.39, 0.29) is 11.7 Å². The molecule has 1 aliphatic rings. The normalized spacial score (nSPS) is 17.4.